The Labute approximate surface area is 120 Å². The highest BCUT2D eigenvalue weighted by Gasteiger charge is 2.38. The Hall–Kier alpha value is -0.450. The summed E-state index contributed by atoms with van der Waals surface area (Å²) in [6.45, 7) is 10.1. The van der Waals surface area contributed by atoms with Gasteiger partial charge >= 0.3 is 0 Å². The third-order valence-corrected chi connectivity index (χ3v) is 5.41. The van der Waals surface area contributed by atoms with Gasteiger partial charge in [0.15, 0.2) is 0 Å². The van der Waals surface area contributed by atoms with Crippen LogP contribution in [0.5, 0.6) is 0 Å². The number of nitrogens with zero attached hydrogens (tertiary/aromatic N) is 2. The van der Waals surface area contributed by atoms with Crippen LogP contribution in [0.1, 0.15) is 37.4 Å². The van der Waals surface area contributed by atoms with Crippen LogP contribution in [0.4, 0.5) is 0 Å². The third-order valence-electron chi connectivity index (χ3n) is 4.45. The van der Waals surface area contributed by atoms with Crippen LogP contribution in [0.25, 0.3) is 0 Å². The Balaban J connectivity index is 1.69. The lowest BCUT2D eigenvalue weighted by molar-refractivity contribution is 0.0851. The highest BCUT2D eigenvalue weighted by Crippen LogP contribution is 2.35. The van der Waals surface area contributed by atoms with Crippen LogP contribution in [0.15, 0.2) is 5.38 Å². The van der Waals surface area contributed by atoms with E-state index in [1.165, 1.54) is 24.4 Å². The maximum Gasteiger partial charge on any atom is 0.107 e. The summed E-state index contributed by atoms with van der Waals surface area (Å²) < 4.78 is 0. The molecule has 3 rings (SSSR count). The molecule has 0 aromatic carbocycles. The van der Waals surface area contributed by atoms with Crippen LogP contribution in [-0.4, -0.2) is 35.1 Å². The Kier molecular flexibility index (Phi) is 3.92. The number of nitrogens with one attached hydrogen (secondary N) is 1. The minimum atomic E-state index is 0.652. The molecule has 1 aromatic rings. The van der Waals surface area contributed by atoms with E-state index in [4.69, 9.17) is 0 Å². The van der Waals surface area contributed by atoms with Gasteiger partial charge in [0.25, 0.3) is 0 Å². The zero-order chi connectivity index (χ0) is 13.4. The lowest BCUT2D eigenvalue weighted by atomic mass is 9.97. The van der Waals surface area contributed by atoms with Gasteiger partial charge in [0, 0.05) is 36.2 Å². The van der Waals surface area contributed by atoms with E-state index >= 15 is 0 Å². The number of rotatable bonds is 4. The molecule has 4 heteroatoms. The Morgan fingerprint density at radius 3 is 2.84 bits per heavy atom. The van der Waals surface area contributed by atoms with E-state index in [0.717, 1.165) is 30.7 Å². The van der Waals surface area contributed by atoms with Gasteiger partial charge in [-0.1, -0.05) is 13.8 Å². The van der Waals surface area contributed by atoms with Gasteiger partial charge in [-0.15, -0.1) is 11.3 Å². The second-order valence-electron chi connectivity index (χ2n) is 6.48. The summed E-state index contributed by atoms with van der Waals surface area (Å²) in [7, 11) is 0. The average molecular weight is 279 g/mol. The topological polar surface area (TPSA) is 28.2 Å². The van der Waals surface area contributed by atoms with Gasteiger partial charge in [-0.25, -0.2) is 4.98 Å². The monoisotopic (exact) mass is 279 g/mol. The molecule has 0 bridgehead atoms. The van der Waals surface area contributed by atoms with Crippen LogP contribution >= 0.6 is 11.3 Å². The Morgan fingerprint density at radius 2 is 2.26 bits per heavy atom. The minimum Gasteiger partial charge on any atom is -0.311 e. The van der Waals surface area contributed by atoms with E-state index in [1.54, 1.807) is 0 Å². The SMILES string of the molecule is Cc1csc(CN2CC(C3CC3)NCC2C(C)C)n1. The number of hydrogen-bond acceptors (Lipinski definition) is 4. The van der Waals surface area contributed by atoms with Gasteiger partial charge in [0.1, 0.15) is 5.01 Å². The standard InChI is InChI=1S/C15H25N3S/c1-10(2)14-6-16-13(12-4-5-12)7-18(14)8-15-17-11(3)9-19-15/h9-10,12-14,16H,4-8H2,1-3H3. The van der Waals surface area contributed by atoms with Gasteiger partial charge in [0.2, 0.25) is 0 Å². The van der Waals surface area contributed by atoms with Crippen LogP contribution in [0, 0.1) is 18.8 Å². The molecule has 0 radical (unpaired) electrons. The number of thiazole rings is 1. The molecule has 2 atom stereocenters. The van der Waals surface area contributed by atoms with E-state index < -0.39 is 0 Å². The van der Waals surface area contributed by atoms with Crippen molar-refractivity contribution < 1.29 is 0 Å². The molecule has 2 unspecified atom stereocenters. The highest BCUT2D eigenvalue weighted by molar-refractivity contribution is 7.09. The maximum absolute atomic E-state index is 4.64. The van der Waals surface area contributed by atoms with E-state index in [0.29, 0.717) is 12.0 Å². The number of hydrogen-bond donors (Lipinski definition) is 1. The smallest absolute Gasteiger partial charge is 0.107 e. The fourth-order valence-corrected chi connectivity index (χ4v) is 3.95. The second kappa shape index (κ2) is 5.51. The first-order valence-electron chi connectivity index (χ1n) is 7.52. The molecule has 1 N–H and O–H groups in total. The predicted molar refractivity (Wildman–Crippen MR) is 80.4 cm³/mol. The molecule has 1 aromatic heterocycles. The Bertz CT molecular complexity index is 425. The molecule has 2 aliphatic rings. The summed E-state index contributed by atoms with van der Waals surface area (Å²) in [5, 5.41) is 7.22. The third kappa shape index (κ3) is 3.18. The molecule has 2 heterocycles. The molecule has 2 fully saturated rings. The first kappa shape index (κ1) is 13.5. The van der Waals surface area contributed by atoms with Crippen LogP contribution < -0.4 is 5.32 Å². The zero-order valence-corrected chi connectivity index (χ0v) is 13.0. The summed E-state index contributed by atoms with van der Waals surface area (Å²) in [5.41, 5.74) is 1.16. The Morgan fingerprint density at radius 1 is 1.47 bits per heavy atom. The molecule has 106 valence electrons. The van der Waals surface area contributed by atoms with Crippen molar-refractivity contribution in [1.82, 2.24) is 15.2 Å². The second-order valence-corrected chi connectivity index (χ2v) is 7.42. The van der Waals surface area contributed by atoms with E-state index in [-0.39, 0.29) is 0 Å². The van der Waals surface area contributed by atoms with Crippen LogP contribution in [-0.2, 0) is 6.54 Å². The van der Waals surface area contributed by atoms with Crippen LogP contribution in [0.2, 0.25) is 0 Å². The van der Waals surface area contributed by atoms with E-state index in [1.807, 2.05) is 11.3 Å². The van der Waals surface area contributed by atoms with Gasteiger partial charge in [-0.05, 0) is 31.6 Å². The lowest BCUT2D eigenvalue weighted by Gasteiger charge is -2.42. The molecular weight excluding hydrogens is 254 g/mol. The number of aryl methyl sites for hydroxylation is 1. The summed E-state index contributed by atoms with van der Waals surface area (Å²) in [6, 6.07) is 1.37. The van der Waals surface area contributed by atoms with Gasteiger partial charge in [0.05, 0.1) is 6.54 Å². The van der Waals surface area contributed by atoms with Crippen molar-refractivity contribution in [2.75, 3.05) is 13.1 Å². The molecule has 0 spiro atoms. The molecule has 0 amide bonds. The van der Waals surface area contributed by atoms with Gasteiger partial charge in [-0.3, -0.25) is 4.90 Å². The molecule has 1 saturated carbocycles. The summed E-state index contributed by atoms with van der Waals surface area (Å²) in [5.74, 6) is 1.64. The number of piperazine rings is 1. The quantitative estimate of drug-likeness (QED) is 0.918. The van der Waals surface area contributed by atoms with Gasteiger partial charge < -0.3 is 5.32 Å². The first-order valence-corrected chi connectivity index (χ1v) is 8.40. The van der Waals surface area contributed by atoms with Crippen molar-refractivity contribution in [3.8, 4) is 0 Å². The lowest BCUT2D eigenvalue weighted by Crippen LogP contribution is -2.58. The van der Waals surface area contributed by atoms with Crippen molar-refractivity contribution in [3.63, 3.8) is 0 Å². The van der Waals surface area contributed by atoms with Crippen molar-refractivity contribution in [3.05, 3.63) is 16.1 Å². The first-order chi connectivity index (χ1) is 9.13. The molecule has 1 aliphatic carbocycles. The zero-order valence-electron chi connectivity index (χ0n) is 12.2. The van der Waals surface area contributed by atoms with Gasteiger partial charge in [-0.2, -0.15) is 0 Å². The fraction of sp³-hybridized carbons (Fsp3) is 0.800. The largest absolute Gasteiger partial charge is 0.311 e. The molecule has 1 aliphatic heterocycles. The minimum absolute atomic E-state index is 0.652. The van der Waals surface area contributed by atoms with Crippen LogP contribution in [0.3, 0.4) is 0 Å². The maximum atomic E-state index is 4.64. The normalized spacial score (nSPS) is 29.1. The molecule has 1 saturated heterocycles. The molecule has 19 heavy (non-hydrogen) atoms. The van der Waals surface area contributed by atoms with Crippen molar-refractivity contribution in [1.29, 1.82) is 0 Å². The average Bonchev–Trinajstić information content (AvgIpc) is 3.14. The van der Waals surface area contributed by atoms with E-state index in [9.17, 15) is 0 Å². The summed E-state index contributed by atoms with van der Waals surface area (Å²) in [6.07, 6.45) is 2.85. The van der Waals surface area contributed by atoms with E-state index in [2.05, 4.69) is 41.4 Å². The highest BCUT2D eigenvalue weighted by atomic mass is 32.1. The van der Waals surface area contributed by atoms with Crippen molar-refractivity contribution in [2.24, 2.45) is 11.8 Å². The number of aromatic nitrogens is 1. The molecule has 3 nitrogen and oxygen atoms in total. The summed E-state index contributed by atoms with van der Waals surface area (Å²) in [4.78, 5) is 7.31. The fourth-order valence-electron chi connectivity index (χ4n) is 3.16. The molecular formula is C15H25N3S. The predicted octanol–water partition coefficient (Wildman–Crippen LogP) is 2.66. The van der Waals surface area contributed by atoms with Crippen molar-refractivity contribution in [2.45, 2.75) is 52.2 Å². The van der Waals surface area contributed by atoms with Crippen molar-refractivity contribution >= 4 is 11.3 Å². The summed E-state index contributed by atoms with van der Waals surface area (Å²) >= 11 is 1.81.